The normalized spacial score (nSPS) is 30.6. The third-order valence-electron chi connectivity index (χ3n) is 3.89. The van der Waals surface area contributed by atoms with Crippen LogP contribution in [-0.4, -0.2) is 38.8 Å². The van der Waals surface area contributed by atoms with E-state index < -0.39 is 6.10 Å². The molecule has 100 valence electrons. The van der Waals surface area contributed by atoms with Crippen LogP contribution in [-0.2, 0) is 0 Å². The number of aliphatic hydroxyl groups excluding tert-OH is 1. The van der Waals surface area contributed by atoms with Gasteiger partial charge in [0.15, 0.2) is 0 Å². The molecule has 1 aromatic carbocycles. The highest BCUT2D eigenvalue weighted by Gasteiger charge is 2.44. The number of rotatable bonds is 1. The maximum atomic E-state index is 12.4. The quantitative estimate of drug-likeness (QED) is 0.635. The number of alkyl halides is 1. The zero-order valence-electron chi connectivity index (χ0n) is 10.3. The van der Waals surface area contributed by atoms with Crippen molar-refractivity contribution in [1.29, 1.82) is 0 Å². The Hall–Kier alpha value is -1.20. The van der Waals surface area contributed by atoms with Crippen molar-refractivity contribution in [2.45, 2.75) is 36.2 Å². The molecular formula is C14H14BrNO3. The SMILES string of the molecule is O=C1c2ccccc2C(=O)N1C1CCCC(O)[C@@H]1Br. The average molecular weight is 324 g/mol. The Balaban J connectivity index is 1.95. The molecular weight excluding hydrogens is 310 g/mol. The third-order valence-corrected chi connectivity index (χ3v) is 5.11. The van der Waals surface area contributed by atoms with Gasteiger partial charge in [-0.1, -0.05) is 28.1 Å². The van der Waals surface area contributed by atoms with Gasteiger partial charge in [-0.3, -0.25) is 14.5 Å². The highest BCUT2D eigenvalue weighted by molar-refractivity contribution is 9.09. The number of nitrogens with zero attached hydrogens (tertiary/aromatic N) is 1. The zero-order chi connectivity index (χ0) is 13.6. The first-order chi connectivity index (χ1) is 9.11. The molecule has 1 saturated carbocycles. The lowest BCUT2D eigenvalue weighted by Gasteiger charge is -2.36. The minimum atomic E-state index is -0.511. The number of fused-ring (bicyclic) bond motifs is 1. The Bertz CT molecular complexity index is 510. The van der Waals surface area contributed by atoms with Gasteiger partial charge in [0, 0.05) is 0 Å². The molecule has 2 unspecified atom stereocenters. The number of halogens is 1. The number of carbonyl (C=O) groups is 2. The zero-order valence-corrected chi connectivity index (χ0v) is 11.8. The van der Waals surface area contributed by atoms with E-state index in [2.05, 4.69) is 15.9 Å². The molecule has 0 spiro atoms. The Morgan fingerprint density at radius 2 is 1.68 bits per heavy atom. The molecule has 1 aliphatic heterocycles. The van der Waals surface area contributed by atoms with E-state index in [0.29, 0.717) is 17.5 Å². The fourth-order valence-corrected chi connectivity index (χ4v) is 3.66. The van der Waals surface area contributed by atoms with Crippen LogP contribution in [0.15, 0.2) is 24.3 Å². The molecule has 0 saturated heterocycles. The van der Waals surface area contributed by atoms with E-state index in [-0.39, 0.29) is 22.7 Å². The number of hydrogen-bond acceptors (Lipinski definition) is 3. The van der Waals surface area contributed by atoms with E-state index in [0.717, 1.165) is 12.8 Å². The molecule has 3 rings (SSSR count). The van der Waals surface area contributed by atoms with Crippen molar-refractivity contribution in [3.63, 3.8) is 0 Å². The average Bonchev–Trinajstić information content (AvgIpc) is 2.67. The highest BCUT2D eigenvalue weighted by atomic mass is 79.9. The first-order valence-corrected chi connectivity index (χ1v) is 7.32. The summed E-state index contributed by atoms with van der Waals surface area (Å²) in [6.07, 6.45) is 1.75. The molecule has 1 aliphatic carbocycles. The van der Waals surface area contributed by atoms with Gasteiger partial charge >= 0.3 is 0 Å². The van der Waals surface area contributed by atoms with Gasteiger partial charge in [0.05, 0.1) is 28.1 Å². The molecule has 0 radical (unpaired) electrons. The summed E-state index contributed by atoms with van der Waals surface area (Å²) in [4.78, 5) is 25.8. The summed E-state index contributed by atoms with van der Waals surface area (Å²) in [7, 11) is 0. The monoisotopic (exact) mass is 323 g/mol. The lowest BCUT2D eigenvalue weighted by molar-refractivity contribution is 0.0447. The third kappa shape index (κ3) is 1.92. The van der Waals surface area contributed by atoms with Gasteiger partial charge in [-0.25, -0.2) is 0 Å². The minimum Gasteiger partial charge on any atom is -0.392 e. The standard InChI is InChI=1S/C14H14BrNO3/c15-12-10(6-3-7-11(12)17)16-13(18)8-4-1-2-5-9(8)14(16)19/h1-2,4-5,10-12,17H,3,6-7H2/t10?,11?,12-/m1/s1. The Labute approximate surface area is 119 Å². The van der Waals surface area contributed by atoms with Gasteiger partial charge in [-0.05, 0) is 31.4 Å². The van der Waals surface area contributed by atoms with Gasteiger partial charge in [0.2, 0.25) is 0 Å². The number of aliphatic hydroxyl groups is 1. The molecule has 1 heterocycles. The molecule has 4 nitrogen and oxygen atoms in total. The second kappa shape index (κ2) is 4.72. The predicted octanol–water partition coefficient (Wildman–Crippen LogP) is 1.96. The van der Waals surface area contributed by atoms with Crippen molar-refractivity contribution in [3.05, 3.63) is 35.4 Å². The van der Waals surface area contributed by atoms with Crippen LogP contribution in [0.5, 0.6) is 0 Å². The van der Waals surface area contributed by atoms with Crippen molar-refractivity contribution in [2.75, 3.05) is 0 Å². The maximum Gasteiger partial charge on any atom is 0.261 e. The van der Waals surface area contributed by atoms with Crippen LogP contribution in [0.3, 0.4) is 0 Å². The van der Waals surface area contributed by atoms with Gasteiger partial charge < -0.3 is 5.11 Å². The number of benzene rings is 1. The molecule has 1 aromatic rings. The molecule has 2 amide bonds. The summed E-state index contributed by atoms with van der Waals surface area (Å²) < 4.78 is 0. The van der Waals surface area contributed by atoms with Crippen molar-refractivity contribution in [3.8, 4) is 0 Å². The summed E-state index contributed by atoms with van der Waals surface area (Å²) in [5.74, 6) is -0.492. The second-order valence-electron chi connectivity index (χ2n) is 5.04. The molecule has 1 N–H and O–H groups in total. The molecule has 3 atom stereocenters. The van der Waals surface area contributed by atoms with E-state index in [4.69, 9.17) is 0 Å². The van der Waals surface area contributed by atoms with E-state index in [1.807, 2.05) is 0 Å². The molecule has 2 aliphatic rings. The summed E-state index contributed by atoms with van der Waals surface area (Å²) in [5.41, 5.74) is 0.930. The number of imide groups is 1. The molecule has 1 fully saturated rings. The minimum absolute atomic E-state index is 0.246. The number of amides is 2. The van der Waals surface area contributed by atoms with Crippen LogP contribution in [0, 0.1) is 0 Å². The van der Waals surface area contributed by atoms with Gasteiger partial charge in [-0.15, -0.1) is 0 Å². The predicted molar refractivity (Wildman–Crippen MR) is 73.3 cm³/mol. The molecule has 0 bridgehead atoms. The van der Waals surface area contributed by atoms with Crippen LogP contribution in [0.25, 0.3) is 0 Å². The lowest BCUT2D eigenvalue weighted by Crippen LogP contribution is -2.50. The topological polar surface area (TPSA) is 57.6 Å². The van der Waals surface area contributed by atoms with Crippen LogP contribution in [0.1, 0.15) is 40.0 Å². The van der Waals surface area contributed by atoms with E-state index in [1.165, 1.54) is 4.90 Å². The fraction of sp³-hybridized carbons (Fsp3) is 0.429. The number of hydrogen-bond donors (Lipinski definition) is 1. The van der Waals surface area contributed by atoms with Crippen LogP contribution in [0.4, 0.5) is 0 Å². The molecule has 19 heavy (non-hydrogen) atoms. The van der Waals surface area contributed by atoms with Crippen LogP contribution < -0.4 is 0 Å². The van der Waals surface area contributed by atoms with Gasteiger partial charge in [0.1, 0.15) is 0 Å². The van der Waals surface area contributed by atoms with Gasteiger partial charge in [-0.2, -0.15) is 0 Å². The smallest absolute Gasteiger partial charge is 0.261 e. The summed E-state index contributed by atoms with van der Waals surface area (Å²) >= 11 is 3.43. The van der Waals surface area contributed by atoms with E-state index in [9.17, 15) is 14.7 Å². The number of carbonyl (C=O) groups excluding carboxylic acids is 2. The van der Waals surface area contributed by atoms with E-state index >= 15 is 0 Å². The second-order valence-corrected chi connectivity index (χ2v) is 6.09. The van der Waals surface area contributed by atoms with Crippen LogP contribution >= 0.6 is 15.9 Å². The Kier molecular flexibility index (Phi) is 3.19. The largest absolute Gasteiger partial charge is 0.392 e. The Morgan fingerprint density at radius 1 is 1.11 bits per heavy atom. The van der Waals surface area contributed by atoms with Crippen molar-refractivity contribution >= 4 is 27.7 Å². The van der Waals surface area contributed by atoms with Crippen molar-refractivity contribution in [1.82, 2.24) is 4.90 Å². The summed E-state index contributed by atoms with van der Waals surface area (Å²) in [6.45, 7) is 0. The lowest BCUT2D eigenvalue weighted by atomic mass is 9.91. The maximum absolute atomic E-state index is 12.4. The Morgan fingerprint density at radius 3 is 2.26 bits per heavy atom. The van der Waals surface area contributed by atoms with E-state index in [1.54, 1.807) is 24.3 Å². The highest BCUT2D eigenvalue weighted by Crippen LogP contribution is 2.34. The van der Waals surface area contributed by atoms with Crippen LogP contribution in [0.2, 0.25) is 0 Å². The molecule has 0 aromatic heterocycles. The first kappa shape index (κ1) is 12.8. The molecule has 5 heteroatoms. The fourth-order valence-electron chi connectivity index (χ4n) is 2.89. The van der Waals surface area contributed by atoms with Gasteiger partial charge in [0.25, 0.3) is 11.8 Å². The summed E-state index contributed by atoms with van der Waals surface area (Å²) in [5, 5.41) is 9.90. The van der Waals surface area contributed by atoms with Crippen molar-refractivity contribution < 1.29 is 14.7 Å². The first-order valence-electron chi connectivity index (χ1n) is 6.40. The summed E-state index contributed by atoms with van der Waals surface area (Å²) in [6, 6.07) is 6.61. The van der Waals surface area contributed by atoms with Crippen molar-refractivity contribution in [2.24, 2.45) is 0 Å².